The van der Waals surface area contributed by atoms with Crippen LogP contribution in [0, 0.1) is 11.3 Å². The number of likely N-dealkylation sites (tertiary alicyclic amines) is 1. The van der Waals surface area contributed by atoms with Gasteiger partial charge in [0, 0.05) is 24.9 Å². The fourth-order valence-electron chi connectivity index (χ4n) is 3.57. The van der Waals surface area contributed by atoms with Gasteiger partial charge in [-0.3, -0.25) is 4.79 Å². The Morgan fingerprint density at radius 3 is 2.33 bits per heavy atom. The van der Waals surface area contributed by atoms with Gasteiger partial charge in [-0.15, -0.1) is 0 Å². The molecule has 0 radical (unpaired) electrons. The lowest BCUT2D eigenvalue weighted by Gasteiger charge is -2.38. The third kappa shape index (κ3) is 4.11. The number of nitrogens with two attached hydrogens (primary N) is 1. The SMILES string of the molecule is CC1(C(N)=NO)CCN(C(=O)CC2CCCCCC2)CC1. The van der Waals surface area contributed by atoms with Crippen LogP contribution in [-0.2, 0) is 4.79 Å². The van der Waals surface area contributed by atoms with E-state index >= 15 is 0 Å². The first kappa shape index (κ1) is 16.1. The number of hydrogen-bond donors (Lipinski definition) is 2. The lowest BCUT2D eigenvalue weighted by Crippen LogP contribution is -2.47. The molecule has 5 nitrogen and oxygen atoms in total. The third-order valence-electron chi connectivity index (χ3n) is 5.38. The standard InChI is InChI=1S/C16H29N3O2/c1-16(15(17)18-21)8-10-19(11-9-16)14(20)12-13-6-4-2-3-5-7-13/h13,21H,2-12H2,1H3,(H2,17,18). The van der Waals surface area contributed by atoms with Crippen molar-refractivity contribution in [1.29, 1.82) is 0 Å². The number of carbonyl (C=O) groups excluding carboxylic acids is 1. The van der Waals surface area contributed by atoms with Crippen LogP contribution >= 0.6 is 0 Å². The maximum Gasteiger partial charge on any atom is 0.222 e. The van der Waals surface area contributed by atoms with Crippen LogP contribution in [0.1, 0.15) is 64.7 Å². The molecule has 21 heavy (non-hydrogen) atoms. The summed E-state index contributed by atoms with van der Waals surface area (Å²) in [5.41, 5.74) is 5.50. The Labute approximate surface area is 127 Å². The Morgan fingerprint density at radius 1 is 1.24 bits per heavy atom. The first-order valence-electron chi connectivity index (χ1n) is 8.31. The van der Waals surface area contributed by atoms with Gasteiger partial charge in [0.25, 0.3) is 0 Å². The topological polar surface area (TPSA) is 78.9 Å². The highest BCUT2D eigenvalue weighted by atomic mass is 16.4. The van der Waals surface area contributed by atoms with E-state index in [1.807, 2.05) is 11.8 Å². The smallest absolute Gasteiger partial charge is 0.222 e. The highest BCUT2D eigenvalue weighted by molar-refractivity contribution is 5.86. The van der Waals surface area contributed by atoms with E-state index in [0.717, 1.165) is 25.9 Å². The number of nitrogens with zero attached hydrogens (tertiary/aromatic N) is 2. The molecule has 1 saturated carbocycles. The van der Waals surface area contributed by atoms with Crippen LogP contribution in [0.25, 0.3) is 0 Å². The zero-order chi connectivity index (χ0) is 15.3. The maximum absolute atomic E-state index is 12.4. The molecule has 0 aromatic carbocycles. The van der Waals surface area contributed by atoms with Crippen molar-refractivity contribution < 1.29 is 10.0 Å². The summed E-state index contributed by atoms with van der Waals surface area (Å²) in [6.07, 6.45) is 9.89. The van der Waals surface area contributed by atoms with Crippen molar-refractivity contribution in [3.05, 3.63) is 0 Å². The summed E-state index contributed by atoms with van der Waals surface area (Å²) < 4.78 is 0. The molecule has 2 aliphatic rings. The molecule has 5 heteroatoms. The van der Waals surface area contributed by atoms with Crippen LogP contribution in [0.5, 0.6) is 0 Å². The van der Waals surface area contributed by atoms with Gasteiger partial charge >= 0.3 is 0 Å². The van der Waals surface area contributed by atoms with Crippen molar-refractivity contribution in [2.75, 3.05) is 13.1 Å². The fourth-order valence-corrected chi connectivity index (χ4v) is 3.57. The molecule has 1 heterocycles. The molecule has 0 atom stereocenters. The average Bonchev–Trinajstić information content (AvgIpc) is 2.75. The summed E-state index contributed by atoms with van der Waals surface area (Å²) in [5.74, 6) is 1.17. The second kappa shape index (κ2) is 7.14. The van der Waals surface area contributed by atoms with Crippen molar-refractivity contribution >= 4 is 11.7 Å². The summed E-state index contributed by atoms with van der Waals surface area (Å²) in [5, 5.41) is 12.0. The molecule has 0 aromatic rings. The summed E-state index contributed by atoms with van der Waals surface area (Å²) in [7, 11) is 0. The van der Waals surface area contributed by atoms with Crippen LogP contribution in [0.3, 0.4) is 0 Å². The highest BCUT2D eigenvalue weighted by Crippen LogP contribution is 2.32. The minimum atomic E-state index is -0.270. The lowest BCUT2D eigenvalue weighted by atomic mass is 9.79. The number of carbonyl (C=O) groups is 1. The molecule has 2 fully saturated rings. The second-order valence-electron chi connectivity index (χ2n) is 6.99. The van der Waals surface area contributed by atoms with Gasteiger partial charge in [-0.25, -0.2) is 0 Å². The van der Waals surface area contributed by atoms with E-state index in [1.165, 1.54) is 38.5 Å². The Balaban J connectivity index is 1.82. The zero-order valence-electron chi connectivity index (χ0n) is 13.2. The monoisotopic (exact) mass is 295 g/mol. The highest BCUT2D eigenvalue weighted by Gasteiger charge is 2.35. The van der Waals surface area contributed by atoms with Crippen LogP contribution < -0.4 is 5.73 Å². The third-order valence-corrected chi connectivity index (χ3v) is 5.38. The molecule has 0 unspecified atom stereocenters. The molecule has 1 amide bonds. The quantitative estimate of drug-likeness (QED) is 0.276. The minimum absolute atomic E-state index is 0.270. The predicted molar refractivity (Wildman–Crippen MR) is 83.1 cm³/mol. The summed E-state index contributed by atoms with van der Waals surface area (Å²) in [6, 6.07) is 0. The Kier molecular flexibility index (Phi) is 5.48. The first-order chi connectivity index (χ1) is 10.0. The number of amidine groups is 1. The Bertz CT molecular complexity index is 379. The zero-order valence-corrected chi connectivity index (χ0v) is 13.2. The maximum atomic E-state index is 12.4. The summed E-state index contributed by atoms with van der Waals surface area (Å²) >= 11 is 0. The van der Waals surface area contributed by atoms with Gasteiger partial charge in [-0.05, 0) is 31.6 Å². The predicted octanol–water partition coefficient (Wildman–Crippen LogP) is 2.72. The molecule has 3 N–H and O–H groups in total. The van der Waals surface area contributed by atoms with Gasteiger partial charge in [0.1, 0.15) is 5.84 Å². The number of piperidine rings is 1. The van der Waals surface area contributed by atoms with Gasteiger partial charge in [0.2, 0.25) is 5.91 Å². The van der Waals surface area contributed by atoms with Crippen LogP contribution in [-0.4, -0.2) is 34.9 Å². The largest absolute Gasteiger partial charge is 0.409 e. The van der Waals surface area contributed by atoms with Crippen molar-refractivity contribution in [3.63, 3.8) is 0 Å². The molecule has 1 aliphatic carbocycles. The van der Waals surface area contributed by atoms with Crippen molar-refractivity contribution in [2.24, 2.45) is 22.2 Å². The Hall–Kier alpha value is -1.26. The summed E-state index contributed by atoms with van der Waals surface area (Å²) in [6.45, 7) is 3.45. The molecule has 1 saturated heterocycles. The molecule has 0 spiro atoms. The van der Waals surface area contributed by atoms with E-state index in [4.69, 9.17) is 10.9 Å². The molecule has 0 bridgehead atoms. The van der Waals surface area contributed by atoms with Crippen LogP contribution in [0.4, 0.5) is 0 Å². The van der Waals surface area contributed by atoms with Crippen LogP contribution in [0.2, 0.25) is 0 Å². The van der Waals surface area contributed by atoms with Crippen molar-refractivity contribution in [3.8, 4) is 0 Å². The van der Waals surface area contributed by atoms with Crippen LogP contribution in [0.15, 0.2) is 5.16 Å². The van der Waals surface area contributed by atoms with E-state index in [2.05, 4.69) is 5.16 Å². The van der Waals surface area contributed by atoms with Gasteiger partial charge in [-0.1, -0.05) is 37.8 Å². The van der Waals surface area contributed by atoms with E-state index in [0.29, 0.717) is 24.1 Å². The molecule has 0 aromatic heterocycles. The molecular weight excluding hydrogens is 266 g/mol. The molecule has 1 aliphatic heterocycles. The molecular formula is C16H29N3O2. The molecule has 120 valence electrons. The Morgan fingerprint density at radius 2 is 1.81 bits per heavy atom. The fraction of sp³-hybridized carbons (Fsp3) is 0.875. The number of hydrogen-bond acceptors (Lipinski definition) is 3. The van der Waals surface area contributed by atoms with Crippen molar-refractivity contribution in [2.45, 2.75) is 64.7 Å². The first-order valence-corrected chi connectivity index (χ1v) is 8.31. The number of rotatable bonds is 3. The lowest BCUT2D eigenvalue weighted by molar-refractivity contribution is -0.134. The number of amides is 1. The van der Waals surface area contributed by atoms with Crippen molar-refractivity contribution in [1.82, 2.24) is 4.90 Å². The number of oxime groups is 1. The molecule has 2 rings (SSSR count). The van der Waals surface area contributed by atoms with E-state index in [9.17, 15) is 4.79 Å². The van der Waals surface area contributed by atoms with Gasteiger partial charge in [-0.2, -0.15) is 0 Å². The second-order valence-corrected chi connectivity index (χ2v) is 6.99. The normalized spacial score (nSPS) is 24.6. The van der Waals surface area contributed by atoms with Gasteiger partial charge in [0.15, 0.2) is 0 Å². The average molecular weight is 295 g/mol. The minimum Gasteiger partial charge on any atom is -0.409 e. The van der Waals surface area contributed by atoms with E-state index in [-0.39, 0.29) is 5.41 Å². The van der Waals surface area contributed by atoms with Gasteiger partial charge < -0.3 is 15.8 Å². The van der Waals surface area contributed by atoms with Gasteiger partial charge in [0.05, 0.1) is 0 Å². The van der Waals surface area contributed by atoms with E-state index in [1.54, 1.807) is 0 Å². The summed E-state index contributed by atoms with van der Waals surface area (Å²) in [4.78, 5) is 14.4. The van der Waals surface area contributed by atoms with E-state index < -0.39 is 0 Å².